The van der Waals surface area contributed by atoms with Crippen LogP contribution < -0.4 is 0 Å². The van der Waals surface area contributed by atoms with Crippen molar-refractivity contribution < 1.29 is 20.4 Å². The van der Waals surface area contributed by atoms with Crippen LogP contribution in [0.1, 0.15) is 95.4 Å². The highest BCUT2D eigenvalue weighted by Crippen LogP contribution is 2.69. The lowest BCUT2D eigenvalue weighted by Crippen LogP contribution is -2.40. The van der Waals surface area contributed by atoms with Gasteiger partial charge < -0.3 is 20.4 Å². The molecule has 4 nitrogen and oxygen atoms in total. The average molecular weight is 425 g/mol. The van der Waals surface area contributed by atoms with Gasteiger partial charge in [-0.05, 0) is 82.5 Å². The second-order valence-electron chi connectivity index (χ2n) is 10.4. The van der Waals surface area contributed by atoms with E-state index >= 15 is 0 Å². The van der Waals surface area contributed by atoms with E-state index < -0.39 is 0 Å². The van der Waals surface area contributed by atoms with Crippen molar-refractivity contribution in [2.24, 2.45) is 5.92 Å². The fraction of sp³-hybridized carbons (Fsp3) is 0.556. The number of fused-ring (bicyclic) bond motifs is 4. The minimum absolute atomic E-state index is 0.0731. The standard InChI is InChI=1S/C27H36O4/c1-6-9-25(4)15-27(18-13-22(30)20(28)11-16(18)25)19-14-23(31)21(29)12-17(19)26(5,10-7-2)24(27)8-3/h11-14,24,28-31H,6-10,15H2,1-5H3. The Morgan fingerprint density at radius 3 is 1.65 bits per heavy atom. The molecule has 0 bridgehead atoms. The molecule has 2 aliphatic carbocycles. The lowest BCUT2D eigenvalue weighted by atomic mass is 9.61. The zero-order chi connectivity index (χ0) is 22.8. The van der Waals surface area contributed by atoms with Crippen LogP contribution in [0.25, 0.3) is 0 Å². The Hall–Kier alpha value is -2.36. The van der Waals surface area contributed by atoms with Gasteiger partial charge in [0.1, 0.15) is 0 Å². The van der Waals surface area contributed by atoms with Gasteiger partial charge in [0.15, 0.2) is 23.0 Å². The largest absolute Gasteiger partial charge is 0.504 e. The van der Waals surface area contributed by atoms with Crippen molar-refractivity contribution >= 4 is 0 Å². The summed E-state index contributed by atoms with van der Waals surface area (Å²) in [5, 5.41) is 41.8. The highest BCUT2D eigenvalue weighted by Gasteiger charge is 2.63. The Kier molecular flexibility index (Phi) is 4.99. The highest BCUT2D eigenvalue weighted by molar-refractivity contribution is 5.66. The maximum Gasteiger partial charge on any atom is 0.157 e. The first-order valence-electron chi connectivity index (χ1n) is 11.7. The lowest BCUT2D eigenvalue weighted by molar-refractivity contribution is 0.184. The van der Waals surface area contributed by atoms with Gasteiger partial charge >= 0.3 is 0 Å². The number of phenols is 4. The lowest BCUT2D eigenvalue weighted by Gasteiger charge is -2.42. The van der Waals surface area contributed by atoms with E-state index in [2.05, 4.69) is 34.6 Å². The molecule has 4 heteroatoms. The summed E-state index contributed by atoms with van der Waals surface area (Å²) in [7, 11) is 0. The minimum Gasteiger partial charge on any atom is -0.504 e. The van der Waals surface area contributed by atoms with Gasteiger partial charge in [-0.1, -0.05) is 53.9 Å². The van der Waals surface area contributed by atoms with E-state index in [1.807, 2.05) is 0 Å². The molecule has 0 aliphatic heterocycles. The van der Waals surface area contributed by atoms with Crippen molar-refractivity contribution in [1.29, 1.82) is 0 Å². The van der Waals surface area contributed by atoms with Crippen LogP contribution >= 0.6 is 0 Å². The molecule has 2 aliphatic rings. The summed E-state index contributed by atoms with van der Waals surface area (Å²) in [5.41, 5.74) is 3.65. The molecule has 0 aromatic heterocycles. The molecule has 168 valence electrons. The molecule has 4 N–H and O–H groups in total. The normalized spacial score (nSPS) is 31.2. The minimum atomic E-state index is -0.385. The summed E-state index contributed by atoms with van der Waals surface area (Å²) in [6, 6.07) is 7.06. The second kappa shape index (κ2) is 7.08. The number of phenolic OH excluding ortho intramolecular Hbond substituents is 4. The molecule has 0 amide bonds. The molecule has 4 unspecified atom stereocenters. The molecule has 4 rings (SSSR count). The molecule has 1 spiro atoms. The van der Waals surface area contributed by atoms with E-state index in [9.17, 15) is 20.4 Å². The molecule has 0 radical (unpaired) electrons. The molecule has 0 fully saturated rings. The summed E-state index contributed by atoms with van der Waals surface area (Å²) in [4.78, 5) is 0. The van der Waals surface area contributed by atoms with Crippen LogP contribution in [0.2, 0.25) is 0 Å². The zero-order valence-corrected chi connectivity index (χ0v) is 19.4. The Bertz CT molecular complexity index is 1010. The van der Waals surface area contributed by atoms with Gasteiger partial charge in [0, 0.05) is 5.41 Å². The van der Waals surface area contributed by atoms with Crippen LogP contribution in [0, 0.1) is 5.92 Å². The topological polar surface area (TPSA) is 80.9 Å². The van der Waals surface area contributed by atoms with Crippen LogP contribution in [0.3, 0.4) is 0 Å². The molecule has 2 aromatic rings. The van der Waals surface area contributed by atoms with Crippen molar-refractivity contribution in [2.75, 3.05) is 0 Å². The van der Waals surface area contributed by atoms with Crippen molar-refractivity contribution in [3.8, 4) is 23.0 Å². The van der Waals surface area contributed by atoms with Gasteiger partial charge in [-0.3, -0.25) is 0 Å². The Labute approximate surface area is 185 Å². The van der Waals surface area contributed by atoms with Crippen LogP contribution in [0.5, 0.6) is 23.0 Å². The van der Waals surface area contributed by atoms with E-state index in [-0.39, 0.29) is 45.2 Å². The molecule has 4 atom stereocenters. The molecular formula is C27H36O4. The van der Waals surface area contributed by atoms with Gasteiger partial charge in [-0.15, -0.1) is 0 Å². The van der Waals surface area contributed by atoms with Crippen LogP contribution in [-0.4, -0.2) is 20.4 Å². The van der Waals surface area contributed by atoms with E-state index in [4.69, 9.17) is 0 Å². The maximum absolute atomic E-state index is 10.5. The smallest absolute Gasteiger partial charge is 0.157 e. The summed E-state index contributed by atoms with van der Waals surface area (Å²) >= 11 is 0. The van der Waals surface area contributed by atoms with E-state index in [0.717, 1.165) is 60.8 Å². The summed E-state index contributed by atoms with van der Waals surface area (Å²) in [5.74, 6) is -0.0902. The summed E-state index contributed by atoms with van der Waals surface area (Å²) in [6.45, 7) is 11.2. The Morgan fingerprint density at radius 1 is 0.710 bits per heavy atom. The van der Waals surface area contributed by atoms with E-state index in [0.29, 0.717) is 0 Å². The van der Waals surface area contributed by atoms with Crippen molar-refractivity contribution in [2.45, 2.75) is 89.4 Å². The monoisotopic (exact) mass is 424 g/mol. The molecule has 31 heavy (non-hydrogen) atoms. The first-order valence-corrected chi connectivity index (χ1v) is 11.7. The van der Waals surface area contributed by atoms with Crippen LogP contribution in [-0.2, 0) is 16.2 Å². The summed E-state index contributed by atoms with van der Waals surface area (Å²) < 4.78 is 0. The molecule has 0 saturated heterocycles. The van der Waals surface area contributed by atoms with Gasteiger partial charge in [-0.25, -0.2) is 0 Å². The van der Waals surface area contributed by atoms with E-state index in [1.54, 1.807) is 24.3 Å². The number of benzene rings is 2. The average Bonchev–Trinajstić information content (AvgIpc) is 3.04. The number of rotatable bonds is 5. The molecule has 2 aromatic carbocycles. The van der Waals surface area contributed by atoms with Gasteiger partial charge in [0.25, 0.3) is 0 Å². The third kappa shape index (κ3) is 2.73. The quantitative estimate of drug-likeness (QED) is 0.421. The fourth-order valence-electron chi connectivity index (χ4n) is 7.54. The van der Waals surface area contributed by atoms with Crippen molar-refractivity contribution in [3.63, 3.8) is 0 Å². The summed E-state index contributed by atoms with van der Waals surface area (Å²) in [6.07, 6.45) is 5.80. The third-order valence-corrected chi connectivity index (χ3v) is 8.47. The van der Waals surface area contributed by atoms with Crippen molar-refractivity contribution in [1.82, 2.24) is 0 Å². The first-order chi connectivity index (χ1) is 14.6. The van der Waals surface area contributed by atoms with Gasteiger partial charge in [-0.2, -0.15) is 0 Å². The SMILES string of the molecule is CCCC1(C)CC2(c3cc(O)c(O)cc31)c1cc(O)c(O)cc1C(C)(CCC)C2CC. The number of hydrogen-bond donors (Lipinski definition) is 4. The van der Waals surface area contributed by atoms with Gasteiger partial charge in [0.05, 0.1) is 0 Å². The molecule has 0 saturated carbocycles. The number of hydrogen-bond acceptors (Lipinski definition) is 4. The highest BCUT2D eigenvalue weighted by atomic mass is 16.3. The van der Waals surface area contributed by atoms with E-state index in [1.165, 1.54) is 0 Å². The zero-order valence-electron chi connectivity index (χ0n) is 19.4. The maximum atomic E-state index is 10.5. The fourth-order valence-corrected chi connectivity index (χ4v) is 7.54. The predicted octanol–water partition coefficient (Wildman–Crippen LogP) is 6.35. The van der Waals surface area contributed by atoms with Crippen LogP contribution in [0.4, 0.5) is 0 Å². The predicted molar refractivity (Wildman–Crippen MR) is 123 cm³/mol. The second-order valence-corrected chi connectivity index (χ2v) is 10.4. The molecule has 0 heterocycles. The van der Waals surface area contributed by atoms with Gasteiger partial charge in [0.2, 0.25) is 0 Å². The van der Waals surface area contributed by atoms with Crippen LogP contribution in [0.15, 0.2) is 24.3 Å². The first kappa shape index (κ1) is 21.9. The number of aromatic hydroxyl groups is 4. The Morgan fingerprint density at radius 2 is 1.16 bits per heavy atom. The Balaban J connectivity index is 2.11. The van der Waals surface area contributed by atoms with Crippen molar-refractivity contribution in [3.05, 3.63) is 46.5 Å². The third-order valence-electron chi connectivity index (χ3n) is 8.47. The molecular weight excluding hydrogens is 388 g/mol.